The monoisotopic (exact) mass is 199 g/mol. The molecule has 0 saturated heterocycles. The van der Waals surface area contributed by atoms with Gasteiger partial charge < -0.3 is 9.62 Å². The van der Waals surface area contributed by atoms with Crippen LogP contribution in [0.5, 0.6) is 0 Å². The summed E-state index contributed by atoms with van der Waals surface area (Å²) in [5, 5.41) is 8.60. The van der Waals surface area contributed by atoms with Gasteiger partial charge in [-0.05, 0) is 6.07 Å². The molecule has 2 aromatic rings. The molecule has 0 bridgehead atoms. The van der Waals surface area contributed by atoms with Crippen LogP contribution >= 0.6 is 0 Å². The van der Waals surface area contributed by atoms with E-state index in [0.29, 0.717) is 5.76 Å². The Morgan fingerprint density at radius 2 is 2.07 bits per heavy atom. The molecule has 1 aromatic heterocycles. The molecular weight excluding hydrogens is 192 g/mol. The Labute approximate surface area is 77.9 Å². The van der Waals surface area contributed by atoms with E-state index in [1.165, 1.54) is 6.07 Å². The van der Waals surface area contributed by atoms with E-state index in [4.69, 9.17) is 9.62 Å². The van der Waals surface area contributed by atoms with Crippen molar-refractivity contribution in [2.24, 2.45) is 0 Å². The van der Waals surface area contributed by atoms with Gasteiger partial charge in [0, 0.05) is 12.1 Å². The molecule has 0 aliphatic carbocycles. The molecule has 3 nitrogen and oxygen atoms in total. The van der Waals surface area contributed by atoms with Crippen LogP contribution in [-0.4, -0.2) is 5.21 Å². The Morgan fingerprint density at radius 1 is 1.29 bits per heavy atom. The van der Waals surface area contributed by atoms with Crippen LogP contribution < -0.4 is 5.48 Å². The van der Waals surface area contributed by atoms with Gasteiger partial charge in [0.05, 0.1) is 11.9 Å². The quantitative estimate of drug-likeness (QED) is 0.728. The molecule has 2 N–H and O–H groups in total. The lowest BCUT2D eigenvalue weighted by atomic mass is 10.2. The number of benzene rings is 1. The van der Waals surface area contributed by atoms with Crippen molar-refractivity contribution >= 4 is 11.0 Å². The molecule has 1 heterocycles. The fourth-order valence-corrected chi connectivity index (χ4v) is 1.28. The van der Waals surface area contributed by atoms with E-state index in [2.05, 4.69) is 0 Å². The molecule has 0 spiro atoms. The molecular formula is C9H7F2NO2. The first-order chi connectivity index (χ1) is 6.70. The van der Waals surface area contributed by atoms with Gasteiger partial charge in [0.15, 0.2) is 0 Å². The summed E-state index contributed by atoms with van der Waals surface area (Å²) in [5.41, 5.74) is 2.00. The molecule has 2 rings (SSSR count). The number of hydroxylamine groups is 1. The fraction of sp³-hybridized carbons (Fsp3) is 0.111. The summed E-state index contributed by atoms with van der Waals surface area (Å²) in [6, 6.07) is 3.29. The van der Waals surface area contributed by atoms with Gasteiger partial charge in [0.1, 0.15) is 23.0 Å². The zero-order valence-corrected chi connectivity index (χ0v) is 7.05. The molecule has 0 amide bonds. The Balaban J connectivity index is 2.58. The largest absolute Gasteiger partial charge is 0.459 e. The summed E-state index contributed by atoms with van der Waals surface area (Å²) in [6.07, 6.45) is 0. The molecule has 0 saturated carbocycles. The number of furan rings is 1. The molecule has 0 fully saturated rings. The maximum Gasteiger partial charge on any atom is 0.140 e. The molecule has 0 aliphatic rings. The lowest BCUT2D eigenvalue weighted by Gasteiger charge is -1.91. The van der Waals surface area contributed by atoms with E-state index in [-0.39, 0.29) is 17.5 Å². The second-order valence-corrected chi connectivity index (χ2v) is 2.85. The third-order valence-corrected chi connectivity index (χ3v) is 1.86. The second-order valence-electron chi connectivity index (χ2n) is 2.85. The third-order valence-electron chi connectivity index (χ3n) is 1.86. The minimum absolute atomic E-state index is 0.0513. The molecule has 0 aliphatic heterocycles. The zero-order chi connectivity index (χ0) is 10.1. The normalized spacial score (nSPS) is 11.1. The van der Waals surface area contributed by atoms with Crippen molar-refractivity contribution < 1.29 is 18.4 Å². The Hall–Kier alpha value is -1.46. The van der Waals surface area contributed by atoms with Crippen molar-refractivity contribution in [2.45, 2.75) is 6.54 Å². The van der Waals surface area contributed by atoms with E-state index in [9.17, 15) is 8.78 Å². The van der Waals surface area contributed by atoms with Gasteiger partial charge in [0.25, 0.3) is 0 Å². The molecule has 1 aromatic carbocycles. The summed E-state index contributed by atoms with van der Waals surface area (Å²) in [6.45, 7) is 0.0513. The summed E-state index contributed by atoms with van der Waals surface area (Å²) >= 11 is 0. The molecule has 14 heavy (non-hydrogen) atoms. The zero-order valence-electron chi connectivity index (χ0n) is 7.05. The van der Waals surface area contributed by atoms with E-state index in [1.807, 2.05) is 5.48 Å². The summed E-state index contributed by atoms with van der Waals surface area (Å²) in [7, 11) is 0. The van der Waals surface area contributed by atoms with Crippen LogP contribution in [0.2, 0.25) is 0 Å². The average molecular weight is 199 g/mol. The van der Waals surface area contributed by atoms with Crippen LogP contribution in [0.3, 0.4) is 0 Å². The molecule has 5 heteroatoms. The van der Waals surface area contributed by atoms with Crippen molar-refractivity contribution in [1.29, 1.82) is 0 Å². The molecule has 0 radical (unpaired) electrons. The van der Waals surface area contributed by atoms with Crippen LogP contribution in [0.4, 0.5) is 8.78 Å². The number of fused-ring (bicyclic) bond motifs is 1. The van der Waals surface area contributed by atoms with Gasteiger partial charge in [-0.2, -0.15) is 5.48 Å². The Bertz CT molecular complexity index is 467. The lowest BCUT2D eigenvalue weighted by Crippen LogP contribution is -2.04. The van der Waals surface area contributed by atoms with Crippen molar-refractivity contribution in [1.82, 2.24) is 5.48 Å². The van der Waals surface area contributed by atoms with Crippen LogP contribution in [-0.2, 0) is 6.54 Å². The first-order valence-electron chi connectivity index (χ1n) is 3.95. The van der Waals surface area contributed by atoms with Gasteiger partial charge in [-0.15, -0.1) is 0 Å². The number of hydrogen-bond donors (Lipinski definition) is 2. The predicted octanol–water partition coefficient (Wildman–Crippen LogP) is 2.19. The van der Waals surface area contributed by atoms with Crippen molar-refractivity contribution in [3.8, 4) is 0 Å². The van der Waals surface area contributed by atoms with Crippen LogP contribution in [0, 0.1) is 11.6 Å². The fourth-order valence-electron chi connectivity index (χ4n) is 1.28. The summed E-state index contributed by atoms with van der Waals surface area (Å²) in [5.74, 6) is -1.02. The first-order valence-corrected chi connectivity index (χ1v) is 3.95. The maximum atomic E-state index is 13.1. The van der Waals surface area contributed by atoms with Crippen molar-refractivity contribution in [3.63, 3.8) is 0 Å². The Morgan fingerprint density at radius 3 is 2.79 bits per heavy atom. The van der Waals surface area contributed by atoms with E-state index >= 15 is 0 Å². The highest BCUT2D eigenvalue weighted by atomic mass is 19.1. The molecule has 74 valence electrons. The highest BCUT2D eigenvalue weighted by Gasteiger charge is 2.09. The second kappa shape index (κ2) is 3.36. The van der Waals surface area contributed by atoms with E-state index in [1.54, 1.807) is 0 Å². The van der Waals surface area contributed by atoms with E-state index in [0.717, 1.165) is 12.1 Å². The van der Waals surface area contributed by atoms with Gasteiger partial charge in [0.2, 0.25) is 0 Å². The Kier molecular flexibility index (Phi) is 2.18. The predicted molar refractivity (Wildman–Crippen MR) is 44.8 cm³/mol. The smallest absolute Gasteiger partial charge is 0.140 e. The summed E-state index contributed by atoms with van der Waals surface area (Å²) in [4.78, 5) is 0. The van der Waals surface area contributed by atoms with Crippen LogP contribution in [0.1, 0.15) is 5.76 Å². The first kappa shape index (κ1) is 9.11. The maximum absolute atomic E-state index is 13.1. The summed E-state index contributed by atoms with van der Waals surface area (Å²) < 4.78 is 30.9. The van der Waals surface area contributed by atoms with Crippen LogP contribution in [0.15, 0.2) is 22.6 Å². The third kappa shape index (κ3) is 1.47. The lowest BCUT2D eigenvalue weighted by molar-refractivity contribution is 0.154. The number of halogens is 2. The topological polar surface area (TPSA) is 45.4 Å². The number of hydrogen-bond acceptors (Lipinski definition) is 3. The minimum atomic E-state index is -0.687. The standard InChI is InChI=1S/C9H7F2NO2/c10-5-1-8(11)7-3-6(4-12-13)14-9(7)2-5/h1-3,12-13H,4H2. The van der Waals surface area contributed by atoms with Gasteiger partial charge in [-0.25, -0.2) is 8.78 Å². The molecule has 0 unspecified atom stereocenters. The highest BCUT2D eigenvalue weighted by Crippen LogP contribution is 2.23. The number of rotatable bonds is 2. The molecule has 0 atom stereocenters. The highest BCUT2D eigenvalue weighted by molar-refractivity contribution is 5.78. The van der Waals surface area contributed by atoms with Gasteiger partial charge >= 0.3 is 0 Å². The SMILES string of the molecule is ONCc1cc2c(F)cc(F)cc2o1. The van der Waals surface area contributed by atoms with Crippen LogP contribution in [0.25, 0.3) is 11.0 Å². The average Bonchev–Trinajstić information content (AvgIpc) is 2.48. The van der Waals surface area contributed by atoms with E-state index < -0.39 is 11.6 Å². The number of nitrogens with one attached hydrogen (secondary N) is 1. The minimum Gasteiger partial charge on any atom is -0.459 e. The van der Waals surface area contributed by atoms with Crippen molar-refractivity contribution in [2.75, 3.05) is 0 Å². The van der Waals surface area contributed by atoms with Gasteiger partial charge in [-0.3, -0.25) is 0 Å². The van der Waals surface area contributed by atoms with Gasteiger partial charge in [-0.1, -0.05) is 0 Å². The van der Waals surface area contributed by atoms with Crippen molar-refractivity contribution in [3.05, 3.63) is 35.6 Å².